The molecular weight excluding hydrogens is 520 g/mol. The Morgan fingerprint density at radius 2 is 1.65 bits per heavy atom. The van der Waals surface area contributed by atoms with Crippen LogP contribution in [-0.2, 0) is 33.4 Å². The number of nitrogens with one attached hydrogen (secondary N) is 2. The molecule has 222 valence electrons. The zero-order chi connectivity index (χ0) is 29.7. The first-order chi connectivity index (χ1) is 19.1. The van der Waals surface area contributed by atoms with Gasteiger partial charge in [0.25, 0.3) is 5.91 Å². The van der Waals surface area contributed by atoms with E-state index in [0.717, 1.165) is 32.1 Å². The van der Waals surface area contributed by atoms with Crippen LogP contribution in [0.15, 0.2) is 18.2 Å². The summed E-state index contributed by atoms with van der Waals surface area (Å²) in [6.07, 6.45) is 3.70. The molecule has 11 heteroatoms. The molecule has 1 aromatic carbocycles. The SMILES string of the molecule is CCCCCCC1C(=O)OC(C)C(NC(=O)c2cccc(NC=O)c2O)C(=O)OC(C)C1OC(=O)CCCCC. The van der Waals surface area contributed by atoms with Crippen LogP contribution in [0.1, 0.15) is 95.8 Å². The number of esters is 3. The third-order valence-corrected chi connectivity index (χ3v) is 6.89. The van der Waals surface area contributed by atoms with Gasteiger partial charge in [-0.05, 0) is 38.8 Å². The maximum absolute atomic E-state index is 13.4. The van der Waals surface area contributed by atoms with Crippen LogP contribution >= 0.6 is 0 Å². The predicted molar refractivity (Wildman–Crippen MR) is 146 cm³/mol. The second kappa shape index (κ2) is 16.5. The zero-order valence-electron chi connectivity index (χ0n) is 23.8. The number of benzene rings is 1. The van der Waals surface area contributed by atoms with E-state index in [0.29, 0.717) is 25.7 Å². The molecule has 3 N–H and O–H groups in total. The van der Waals surface area contributed by atoms with Gasteiger partial charge in [-0.15, -0.1) is 0 Å². The van der Waals surface area contributed by atoms with Crippen molar-refractivity contribution in [3.05, 3.63) is 23.8 Å². The number of hydrogen-bond donors (Lipinski definition) is 3. The number of aromatic hydroxyl groups is 1. The number of cyclic esters (lactones) is 2. The molecule has 5 unspecified atom stereocenters. The summed E-state index contributed by atoms with van der Waals surface area (Å²) < 4.78 is 17.0. The summed E-state index contributed by atoms with van der Waals surface area (Å²) in [5.74, 6) is -4.23. The topological polar surface area (TPSA) is 157 Å². The van der Waals surface area contributed by atoms with E-state index in [9.17, 15) is 29.1 Å². The molecule has 0 aromatic heterocycles. The van der Waals surface area contributed by atoms with Crippen LogP contribution in [0.4, 0.5) is 5.69 Å². The minimum Gasteiger partial charge on any atom is -0.505 e. The minimum absolute atomic E-state index is 0.00213. The first-order valence-corrected chi connectivity index (χ1v) is 14.1. The molecule has 40 heavy (non-hydrogen) atoms. The molecule has 1 aromatic rings. The number of ether oxygens (including phenoxy) is 3. The highest BCUT2D eigenvalue weighted by molar-refractivity contribution is 6.01. The number of phenolic OH excluding ortho intramolecular Hbond substituents is 1. The molecule has 1 aliphatic rings. The summed E-state index contributed by atoms with van der Waals surface area (Å²) in [7, 11) is 0. The van der Waals surface area contributed by atoms with Gasteiger partial charge < -0.3 is 30.0 Å². The van der Waals surface area contributed by atoms with Crippen LogP contribution in [0.5, 0.6) is 5.75 Å². The van der Waals surface area contributed by atoms with Crippen molar-refractivity contribution in [2.24, 2.45) is 5.92 Å². The number of carbonyl (C=O) groups is 5. The number of phenols is 1. The summed E-state index contributed by atoms with van der Waals surface area (Å²) in [6, 6.07) is 2.72. The standard InChI is InChI=1S/C29H42N2O9/c1-5-7-9-11-13-21-26(40-23(33)16-10-8-6-2)19(4)39-29(37)24(18(3)38-28(21)36)31-27(35)20-14-12-15-22(25(20)34)30-17-32/h12,14-15,17-19,21,24,26,34H,5-11,13,16H2,1-4H3,(H,30,32)(H,31,35). The van der Waals surface area contributed by atoms with E-state index in [1.54, 1.807) is 6.92 Å². The van der Waals surface area contributed by atoms with Crippen molar-refractivity contribution in [2.75, 3.05) is 5.32 Å². The Bertz CT molecular complexity index is 1030. The van der Waals surface area contributed by atoms with Gasteiger partial charge in [0.2, 0.25) is 6.41 Å². The van der Waals surface area contributed by atoms with E-state index < -0.39 is 59.8 Å². The molecular formula is C29H42N2O9. The van der Waals surface area contributed by atoms with Crippen LogP contribution < -0.4 is 10.6 Å². The number of anilines is 1. The van der Waals surface area contributed by atoms with Gasteiger partial charge in [-0.1, -0.05) is 58.4 Å². The summed E-state index contributed by atoms with van der Waals surface area (Å²) in [4.78, 5) is 63.1. The Balaban J connectivity index is 2.31. The van der Waals surface area contributed by atoms with E-state index in [2.05, 4.69) is 17.6 Å². The molecule has 1 aliphatic heterocycles. The number of para-hydroxylation sites is 1. The number of hydrogen-bond acceptors (Lipinski definition) is 9. The Labute approximate surface area is 235 Å². The van der Waals surface area contributed by atoms with Gasteiger partial charge in [-0.25, -0.2) is 4.79 Å². The van der Waals surface area contributed by atoms with E-state index in [-0.39, 0.29) is 17.7 Å². The van der Waals surface area contributed by atoms with Gasteiger partial charge in [0.05, 0.1) is 17.2 Å². The minimum atomic E-state index is -1.42. The van der Waals surface area contributed by atoms with Crippen LogP contribution in [0.3, 0.4) is 0 Å². The predicted octanol–water partition coefficient (Wildman–Crippen LogP) is 4.01. The van der Waals surface area contributed by atoms with Crippen molar-refractivity contribution in [2.45, 2.75) is 110 Å². The highest BCUT2D eigenvalue weighted by atomic mass is 16.6. The fraction of sp³-hybridized carbons (Fsp3) is 0.621. The maximum atomic E-state index is 13.4. The number of unbranched alkanes of at least 4 members (excludes halogenated alkanes) is 5. The van der Waals surface area contributed by atoms with Crippen LogP contribution in [-0.4, -0.2) is 59.7 Å². The van der Waals surface area contributed by atoms with E-state index in [1.807, 2.05) is 6.92 Å². The lowest BCUT2D eigenvalue weighted by Crippen LogP contribution is -2.50. The Hall–Kier alpha value is -3.63. The van der Waals surface area contributed by atoms with Gasteiger partial charge in [-0.3, -0.25) is 19.2 Å². The molecule has 1 fully saturated rings. The fourth-order valence-corrected chi connectivity index (χ4v) is 4.60. The lowest BCUT2D eigenvalue weighted by atomic mass is 9.92. The van der Waals surface area contributed by atoms with Crippen molar-refractivity contribution in [3.8, 4) is 5.75 Å². The van der Waals surface area contributed by atoms with Crippen LogP contribution in [0.25, 0.3) is 0 Å². The molecule has 1 heterocycles. The lowest BCUT2D eigenvalue weighted by molar-refractivity contribution is -0.175. The molecule has 1 saturated heterocycles. The van der Waals surface area contributed by atoms with E-state index in [4.69, 9.17) is 14.2 Å². The fourth-order valence-electron chi connectivity index (χ4n) is 4.60. The molecule has 2 rings (SSSR count). The second-order valence-corrected chi connectivity index (χ2v) is 10.1. The molecule has 0 saturated carbocycles. The molecule has 0 spiro atoms. The maximum Gasteiger partial charge on any atom is 0.332 e. The van der Waals surface area contributed by atoms with Crippen molar-refractivity contribution in [1.82, 2.24) is 5.32 Å². The molecule has 2 amide bonds. The summed E-state index contributed by atoms with van der Waals surface area (Å²) in [5.41, 5.74) is -0.207. The van der Waals surface area contributed by atoms with Gasteiger partial charge in [0.1, 0.15) is 12.2 Å². The van der Waals surface area contributed by atoms with Crippen molar-refractivity contribution in [3.63, 3.8) is 0 Å². The highest BCUT2D eigenvalue weighted by Gasteiger charge is 2.43. The average molecular weight is 563 g/mol. The average Bonchev–Trinajstić information content (AvgIpc) is 2.93. The van der Waals surface area contributed by atoms with Crippen molar-refractivity contribution in [1.29, 1.82) is 0 Å². The smallest absolute Gasteiger partial charge is 0.332 e. The molecule has 0 aliphatic carbocycles. The van der Waals surface area contributed by atoms with E-state index in [1.165, 1.54) is 25.1 Å². The van der Waals surface area contributed by atoms with Crippen LogP contribution in [0.2, 0.25) is 0 Å². The van der Waals surface area contributed by atoms with Crippen molar-refractivity contribution >= 4 is 35.9 Å². The van der Waals surface area contributed by atoms with Crippen molar-refractivity contribution < 1.29 is 43.3 Å². The lowest BCUT2D eigenvalue weighted by Gasteiger charge is -2.29. The first-order valence-electron chi connectivity index (χ1n) is 14.1. The molecule has 11 nitrogen and oxygen atoms in total. The molecule has 5 atom stereocenters. The molecule has 0 radical (unpaired) electrons. The number of amides is 2. The number of carbonyl (C=O) groups excluding carboxylic acids is 5. The quantitative estimate of drug-likeness (QED) is 0.100. The Kier molecular flexibility index (Phi) is 13.4. The monoisotopic (exact) mass is 562 g/mol. The summed E-state index contributed by atoms with van der Waals surface area (Å²) in [6.45, 7) is 7.08. The normalized spacial score (nSPS) is 23.1. The number of rotatable bonds is 14. The zero-order valence-corrected chi connectivity index (χ0v) is 23.8. The van der Waals surface area contributed by atoms with E-state index >= 15 is 0 Å². The summed E-state index contributed by atoms with van der Waals surface area (Å²) in [5, 5.41) is 15.2. The Morgan fingerprint density at radius 1 is 0.975 bits per heavy atom. The highest BCUT2D eigenvalue weighted by Crippen LogP contribution is 2.29. The largest absolute Gasteiger partial charge is 0.505 e. The van der Waals surface area contributed by atoms with Crippen LogP contribution in [0, 0.1) is 5.92 Å². The van der Waals surface area contributed by atoms with Gasteiger partial charge >= 0.3 is 17.9 Å². The first kappa shape index (κ1) is 32.6. The third-order valence-electron chi connectivity index (χ3n) is 6.89. The van der Waals surface area contributed by atoms with Gasteiger partial charge in [0, 0.05) is 6.42 Å². The third kappa shape index (κ3) is 9.24. The summed E-state index contributed by atoms with van der Waals surface area (Å²) >= 11 is 0. The Morgan fingerprint density at radius 3 is 2.33 bits per heavy atom. The van der Waals surface area contributed by atoms with Gasteiger partial charge in [0.15, 0.2) is 17.9 Å². The van der Waals surface area contributed by atoms with Gasteiger partial charge in [-0.2, -0.15) is 0 Å². The molecule has 0 bridgehead atoms. The second-order valence-electron chi connectivity index (χ2n) is 10.1.